The van der Waals surface area contributed by atoms with E-state index in [1.165, 1.54) is 37.7 Å². The fourth-order valence-electron chi connectivity index (χ4n) is 1.89. The van der Waals surface area contributed by atoms with Crippen LogP contribution >= 0.6 is 0 Å². The lowest BCUT2D eigenvalue weighted by molar-refractivity contribution is 0.413. The fraction of sp³-hybridized carbons (Fsp3) is 0.143. The summed E-state index contributed by atoms with van der Waals surface area (Å²) in [5, 5.41) is 8.92. The molecule has 0 aliphatic carbocycles. The van der Waals surface area contributed by atoms with E-state index in [0.717, 1.165) is 0 Å². The fourth-order valence-corrected chi connectivity index (χ4v) is 3.35. The molecule has 7 heteroatoms. The summed E-state index contributed by atoms with van der Waals surface area (Å²) in [6.45, 7) is 0. The first-order valence-electron chi connectivity index (χ1n) is 5.97. The molecule has 1 heterocycles. The highest BCUT2D eigenvalue weighted by atomic mass is 32.2. The number of methoxy groups -OCH3 is 1. The summed E-state index contributed by atoms with van der Waals surface area (Å²) in [7, 11) is -2.17. The van der Waals surface area contributed by atoms with Crippen LogP contribution < -0.4 is 10.5 Å². The van der Waals surface area contributed by atoms with Gasteiger partial charge >= 0.3 is 0 Å². The van der Waals surface area contributed by atoms with E-state index in [2.05, 4.69) is 4.98 Å². The van der Waals surface area contributed by atoms with Crippen molar-refractivity contribution in [2.75, 3.05) is 12.8 Å². The number of sulfone groups is 1. The number of benzene rings is 1. The van der Waals surface area contributed by atoms with Gasteiger partial charge in [-0.05, 0) is 23.8 Å². The maximum absolute atomic E-state index is 12.4. The molecule has 1 aromatic heterocycles. The zero-order valence-electron chi connectivity index (χ0n) is 11.3. The number of nitrogen functional groups attached to an aromatic ring is 1. The molecule has 2 aromatic rings. The van der Waals surface area contributed by atoms with Gasteiger partial charge in [-0.1, -0.05) is 6.07 Å². The minimum absolute atomic E-state index is 0.0424. The molecule has 0 saturated heterocycles. The SMILES string of the molecule is COc1cc(CS(=O)(=O)c2ccncc2N)ccc1C#N. The van der Waals surface area contributed by atoms with Gasteiger partial charge in [-0.3, -0.25) is 4.98 Å². The first-order chi connectivity index (χ1) is 9.97. The van der Waals surface area contributed by atoms with Crippen molar-refractivity contribution in [3.8, 4) is 11.8 Å². The van der Waals surface area contributed by atoms with Gasteiger partial charge in [-0.15, -0.1) is 0 Å². The molecule has 0 aliphatic heterocycles. The number of hydrogen-bond donors (Lipinski definition) is 1. The van der Waals surface area contributed by atoms with Crippen LogP contribution in [-0.4, -0.2) is 20.5 Å². The second kappa shape index (κ2) is 5.81. The summed E-state index contributed by atoms with van der Waals surface area (Å²) in [5.74, 6) is 0.108. The zero-order chi connectivity index (χ0) is 15.5. The Morgan fingerprint density at radius 3 is 2.76 bits per heavy atom. The molecule has 2 N–H and O–H groups in total. The lowest BCUT2D eigenvalue weighted by Gasteiger charge is -2.09. The van der Waals surface area contributed by atoms with Crippen LogP contribution in [0.25, 0.3) is 0 Å². The van der Waals surface area contributed by atoms with Crippen LogP contribution in [0.5, 0.6) is 5.75 Å². The third-order valence-electron chi connectivity index (χ3n) is 2.89. The Kier molecular flexibility index (Phi) is 4.10. The molecule has 0 bridgehead atoms. The van der Waals surface area contributed by atoms with E-state index in [9.17, 15) is 8.42 Å². The summed E-state index contributed by atoms with van der Waals surface area (Å²) < 4.78 is 29.8. The number of hydrogen-bond acceptors (Lipinski definition) is 6. The van der Waals surface area contributed by atoms with Crippen LogP contribution in [-0.2, 0) is 15.6 Å². The van der Waals surface area contributed by atoms with Crippen molar-refractivity contribution >= 4 is 15.5 Å². The number of anilines is 1. The van der Waals surface area contributed by atoms with Gasteiger partial charge in [-0.2, -0.15) is 5.26 Å². The number of pyridine rings is 1. The van der Waals surface area contributed by atoms with Gasteiger partial charge < -0.3 is 10.5 Å². The van der Waals surface area contributed by atoms with Crippen molar-refractivity contribution < 1.29 is 13.2 Å². The topological polar surface area (TPSA) is 106 Å². The molecular formula is C14H13N3O3S. The molecule has 108 valence electrons. The van der Waals surface area contributed by atoms with Crippen molar-refractivity contribution in [1.29, 1.82) is 5.26 Å². The van der Waals surface area contributed by atoms with E-state index in [0.29, 0.717) is 16.9 Å². The quantitative estimate of drug-likeness (QED) is 0.917. The van der Waals surface area contributed by atoms with Crippen LogP contribution in [0.15, 0.2) is 41.6 Å². The number of nitrogens with two attached hydrogens (primary N) is 1. The Hall–Kier alpha value is -2.59. The first kappa shape index (κ1) is 14.8. The van der Waals surface area contributed by atoms with Crippen LogP contribution in [0, 0.1) is 11.3 Å². The second-order valence-electron chi connectivity index (χ2n) is 4.32. The Bertz CT molecular complexity index is 810. The average Bonchev–Trinajstić information content (AvgIpc) is 2.47. The molecule has 0 aliphatic rings. The summed E-state index contributed by atoms with van der Waals surface area (Å²) >= 11 is 0. The Labute approximate surface area is 122 Å². The van der Waals surface area contributed by atoms with Crippen molar-refractivity contribution in [3.05, 3.63) is 47.8 Å². The monoisotopic (exact) mass is 303 g/mol. The minimum Gasteiger partial charge on any atom is -0.495 e. The van der Waals surface area contributed by atoms with Gasteiger partial charge in [0.2, 0.25) is 0 Å². The first-order valence-corrected chi connectivity index (χ1v) is 7.62. The summed E-state index contributed by atoms with van der Waals surface area (Å²) in [5.41, 5.74) is 6.63. The lowest BCUT2D eigenvalue weighted by atomic mass is 10.1. The smallest absolute Gasteiger partial charge is 0.184 e. The van der Waals surface area contributed by atoms with Gasteiger partial charge in [0, 0.05) is 6.20 Å². The largest absolute Gasteiger partial charge is 0.495 e. The molecule has 21 heavy (non-hydrogen) atoms. The summed E-state index contributed by atoms with van der Waals surface area (Å²) in [4.78, 5) is 3.81. The summed E-state index contributed by atoms with van der Waals surface area (Å²) in [6, 6.07) is 7.98. The van der Waals surface area contributed by atoms with Crippen molar-refractivity contribution in [3.63, 3.8) is 0 Å². The Balaban J connectivity index is 2.38. The molecule has 0 spiro atoms. The Morgan fingerprint density at radius 1 is 1.38 bits per heavy atom. The minimum atomic E-state index is -3.59. The van der Waals surface area contributed by atoms with Crippen molar-refractivity contribution in [1.82, 2.24) is 4.98 Å². The van der Waals surface area contributed by atoms with Crippen LogP contribution in [0.3, 0.4) is 0 Å². The van der Waals surface area contributed by atoms with Gasteiger partial charge in [-0.25, -0.2) is 8.42 Å². The van der Waals surface area contributed by atoms with Gasteiger partial charge in [0.1, 0.15) is 11.8 Å². The average molecular weight is 303 g/mol. The molecular weight excluding hydrogens is 290 g/mol. The highest BCUT2D eigenvalue weighted by Gasteiger charge is 2.19. The molecule has 0 fully saturated rings. The van der Waals surface area contributed by atoms with Crippen molar-refractivity contribution in [2.45, 2.75) is 10.6 Å². The predicted octanol–water partition coefficient (Wildman–Crippen LogP) is 1.52. The third-order valence-corrected chi connectivity index (χ3v) is 4.64. The predicted molar refractivity (Wildman–Crippen MR) is 77.2 cm³/mol. The van der Waals surface area contributed by atoms with E-state index in [1.807, 2.05) is 6.07 Å². The van der Waals surface area contributed by atoms with E-state index < -0.39 is 9.84 Å². The van der Waals surface area contributed by atoms with Gasteiger partial charge in [0.25, 0.3) is 0 Å². The molecule has 0 radical (unpaired) electrons. The number of ether oxygens (including phenoxy) is 1. The highest BCUT2D eigenvalue weighted by molar-refractivity contribution is 7.90. The van der Waals surface area contributed by atoms with E-state index in [1.54, 1.807) is 6.07 Å². The third kappa shape index (κ3) is 3.12. The number of rotatable bonds is 4. The zero-order valence-corrected chi connectivity index (χ0v) is 12.1. The number of nitrogens with zero attached hydrogens (tertiary/aromatic N) is 2. The summed E-state index contributed by atoms with van der Waals surface area (Å²) in [6.07, 6.45) is 2.68. The number of nitriles is 1. The molecule has 0 amide bonds. The number of aromatic nitrogens is 1. The molecule has 1 aromatic carbocycles. The molecule has 2 rings (SSSR count). The standard InChI is InChI=1S/C14H13N3O3S/c1-20-13-6-10(2-3-11(13)7-15)9-21(18,19)14-4-5-17-8-12(14)16/h2-6,8H,9,16H2,1H3. The Morgan fingerprint density at radius 2 is 2.14 bits per heavy atom. The van der Waals surface area contributed by atoms with Crippen molar-refractivity contribution in [2.24, 2.45) is 0 Å². The van der Waals surface area contributed by atoms with E-state index in [-0.39, 0.29) is 16.3 Å². The lowest BCUT2D eigenvalue weighted by Crippen LogP contribution is -2.08. The van der Waals surface area contributed by atoms with Crippen LogP contribution in [0.2, 0.25) is 0 Å². The van der Waals surface area contributed by atoms with Crippen LogP contribution in [0.1, 0.15) is 11.1 Å². The maximum Gasteiger partial charge on any atom is 0.184 e. The maximum atomic E-state index is 12.4. The van der Waals surface area contributed by atoms with Gasteiger partial charge in [0.15, 0.2) is 9.84 Å². The second-order valence-corrected chi connectivity index (χ2v) is 6.28. The normalized spacial score (nSPS) is 10.9. The highest BCUT2D eigenvalue weighted by Crippen LogP contribution is 2.25. The van der Waals surface area contributed by atoms with Crippen LogP contribution in [0.4, 0.5) is 5.69 Å². The van der Waals surface area contributed by atoms with Gasteiger partial charge in [0.05, 0.1) is 35.2 Å². The van der Waals surface area contributed by atoms with E-state index in [4.69, 9.17) is 15.7 Å². The molecule has 0 saturated carbocycles. The molecule has 0 atom stereocenters. The molecule has 6 nitrogen and oxygen atoms in total. The van der Waals surface area contributed by atoms with E-state index >= 15 is 0 Å². The molecule has 0 unspecified atom stereocenters.